The lowest BCUT2D eigenvalue weighted by atomic mass is 9.96. The predicted molar refractivity (Wildman–Crippen MR) is 323 cm³/mol. The van der Waals surface area contributed by atoms with E-state index in [1.807, 2.05) is 6.08 Å². The molecule has 3 aliphatic heterocycles. The smallest absolute Gasteiger partial charge is 0.220 e. The Labute approximate surface area is 503 Å². The highest BCUT2D eigenvalue weighted by Crippen LogP contribution is 2.33. The molecule has 0 aliphatic carbocycles. The van der Waals surface area contributed by atoms with E-state index < -0.39 is 124 Å². The van der Waals surface area contributed by atoms with Gasteiger partial charge in [0, 0.05) is 6.42 Å². The van der Waals surface area contributed by atoms with E-state index in [4.69, 9.17) is 28.4 Å². The number of allylic oxidation sites excluding steroid dienone is 7. The number of rotatable bonds is 49. The number of amides is 1. The van der Waals surface area contributed by atoms with Crippen LogP contribution in [0.15, 0.2) is 48.6 Å². The maximum atomic E-state index is 13.3. The average Bonchev–Trinajstić information content (AvgIpc) is 2.80. The summed E-state index contributed by atoms with van der Waals surface area (Å²) in [5.74, 6) is -0.299. The van der Waals surface area contributed by atoms with Crippen LogP contribution in [0, 0.1) is 0 Å². The number of hydrogen-bond donors (Lipinski definition) is 12. The van der Waals surface area contributed by atoms with Gasteiger partial charge in [-0.15, -0.1) is 0 Å². The third kappa shape index (κ3) is 30.3. The fourth-order valence-corrected chi connectivity index (χ4v) is 10.9. The zero-order valence-corrected chi connectivity index (χ0v) is 51.4. The molecule has 19 nitrogen and oxygen atoms in total. The van der Waals surface area contributed by atoms with Crippen LogP contribution < -0.4 is 5.32 Å². The molecule has 0 aromatic rings. The number of aliphatic hydroxyl groups excluding tert-OH is 11. The Kier molecular flexibility index (Phi) is 43.2. The molecule has 17 atom stereocenters. The van der Waals surface area contributed by atoms with Gasteiger partial charge in [0.2, 0.25) is 5.91 Å². The van der Waals surface area contributed by atoms with Crippen molar-refractivity contribution in [3.05, 3.63) is 48.6 Å². The molecule has 17 unspecified atom stereocenters. The molecule has 19 heteroatoms. The van der Waals surface area contributed by atoms with Crippen LogP contribution in [0.25, 0.3) is 0 Å². The summed E-state index contributed by atoms with van der Waals surface area (Å²) in [5.41, 5.74) is 0. The van der Waals surface area contributed by atoms with Crippen molar-refractivity contribution in [3.8, 4) is 0 Å². The van der Waals surface area contributed by atoms with E-state index in [0.717, 1.165) is 64.2 Å². The quantitative estimate of drug-likeness (QED) is 0.0208. The Morgan fingerprint density at radius 3 is 1.19 bits per heavy atom. The Morgan fingerprint density at radius 2 is 0.762 bits per heavy atom. The van der Waals surface area contributed by atoms with Gasteiger partial charge >= 0.3 is 0 Å². The van der Waals surface area contributed by atoms with E-state index in [1.54, 1.807) is 6.08 Å². The molecular formula is C65H117NO18. The second kappa shape index (κ2) is 47.7. The van der Waals surface area contributed by atoms with Gasteiger partial charge in [0.15, 0.2) is 18.9 Å². The van der Waals surface area contributed by atoms with Crippen molar-refractivity contribution in [1.82, 2.24) is 5.32 Å². The highest BCUT2D eigenvalue weighted by atomic mass is 16.8. The average molecular weight is 1200 g/mol. The van der Waals surface area contributed by atoms with Crippen LogP contribution >= 0.6 is 0 Å². The van der Waals surface area contributed by atoms with Crippen LogP contribution in [0.3, 0.4) is 0 Å². The van der Waals surface area contributed by atoms with Gasteiger partial charge in [0.1, 0.15) is 73.2 Å². The van der Waals surface area contributed by atoms with Crippen molar-refractivity contribution < 1.29 is 89.4 Å². The third-order valence-corrected chi connectivity index (χ3v) is 16.3. The minimum absolute atomic E-state index is 0.221. The van der Waals surface area contributed by atoms with Gasteiger partial charge in [-0.25, -0.2) is 0 Å². The highest BCUT2D eigenvalue weighted by molar-refractivity contribution is 5.76. The first kappa shape index (κ1) is 76.0. The van der Waals surface area contributed by atoms with Crippen molar-refractivity contribution in [1.29, 1.82) is 0 Å². The van der Waals surface area contributed by atoms with E-state index in [1.165, 1.54) is 128 Å². The standard InChI is InChI=1S/C65H117NO18/c1-3-5-7-9-11-13-15-17-19-20-21-22-23-24-25-26-27-28-29-30-32-34-36-38-40-42-49(70)48(66-53(71)43-41-39-37-35-33-31-18-16-14-12-10-8-6-4-2)47-79-63-59(77)56(74)61(51(45-68)81-63)84-65-60(78)57(75)62(52(46-69)82-65)83-64-58(76)55(73)54(72)50(44-67)80-64/h16,18,27-28,32,34,40,42,48-52,54-65,67-70,72-78H,3-15,17,19-26,29-31,33,35-39,41,43-47H2,1-2H3,(H,66,71)/b18-16-,28-27+,34-32+,42-40+. The molecule has 0 aromatic heterocycles. The minimum Gasteiger partial charge on any atom is -0.394 e. The molecule has 3 heterocycles. The summed E-state index contributed by atoms with van der Waals surface area (Å²) in [6.45, 7) is 1.68. The first-order chi connectivity index (χ1) is 40.8. The van der Waals surface area contributed by atoms with Gasteiger partial charge < -0.3 is 89.9 Å². The summed E-state index contributed by atoms with van der Waals surface area (Å²) < 4.78 is 34.3. The molecule has 3 rings (SSSR count). The highest BCUT2D eigenvalue weighted by Gasteiger charge is 2.53. The fraction of sp³-hybridized carbons (Fsp3) is 0.862. The summed E-state index contributed by atoms with van der Waals surface area (Å²) in [7, 11) is 0. The normalized spacial score (nSPS) is 29.5. The predicted octanol–water partition coefficient (Wildman–Crippen LogP) is 7.43. The Morgan fingerprint density at radius 1 is 0.417 bits per heavy atom. The summed E-state index contributed by atoms with van der Waals surface area (Å²) in [6.07, 6.45) is 28.1. The van der Waals surface area contributed by atoms with Gasteiger partial charge in [-0.2, -0.15) is 0 Å². The lowest BCUT2D eigenvalue weighted by Crippen LogP contribution is -2.66. The van der Waals surface area contributed by atoms with Crippen molar-refractivity contribution in [2.45, 2.75) is 330 Å². The molecule has 490 valence electrons. The molecule has 84 heavy (non-hydrogen) atoms. The molecular weight excluding hydrogens is 1080 g/mol. The fourth-order valence-electron chi connectivity index (χ4n) is 10.9. The molecule has 0 aromatic carbocycles. The van der Waals surface area contributed by atoms with Crippen LogP contribution in [0.1, 0.15) is 226 Å². The maximum absolute atomic E-state index is 13.3. The number of hydrogen-bond acceptors (Lipinski definition) is 18. The molecule has 3 saturated heterocycles. The summed E-state index contributed by atoms with van der Waals surface area (Å²) in [4.78, 5) is 13.3. The molecule has 3 aliphatic rings. The van der Waals surface area contributed by atoms with Gasteiger partial charge in [0.25, 0.3) is 0 Å². The zero-order chi connectivity index (χ0) is 61.2. The summed E-state index contributed by atoms with van der Waals surface area (Å²) in [6, 6.07) is -1.00. The van der Waals surface area contributed by atoms with Gasteiger partial charge in [-0.1, -0.05) is 197 Å². The molecule has 0 saturated carbocycles. The minimum atomic E-state index is -1.98. The largest absolute Gasteiger partial charge is 0.394 e. The molecule has 3 fully saturated rings. The molecule has 0 radical (unpaired) electrons. The number of ether oxygens (including phenoxy) is 6. The lowest BCUT2D eigenvalue weighted by molar-refractivity contribution is -0.379. The first-order valence-corrected chi connectivity index (χ1v) is 32.9. The van der Waals surface area contributed by atoms with Crippen LogP contribution in [0.5, 0.6) is 0 Å². The van der Waals surface area contributed by atoms with E-state index in [2.05, 4.69) is 55.6 Å². The van der Waals surface area contributed by atoms with Crippen molar-refractivity contribution in [2.75, 3.05) is 26.4 Å². The monoisotopic (exact) mass is 1200 g/mol. The summed E-state index contributed by atoms with van der Waals surface area (Å²) >= 11 is 0. The van der Waals surface area contributed by atoms with Crippen molar-refractivity contribution >= 4 is 5.91 Å². The van der Waals surface area contributed by atoms with E-state index in [0.29, 0.717) is 12.8 Å². The number of carbonyl (C=O) groups excluding carboxylic acids is 1. The van der Waals surface area contributed by atoms with E-state index in [-0.39, 0.29) is 18.9 Å². The van der Waals surface area contributed by atoms with Crippen LogP contribution in [0.2, 0.25) is 0 Å². The molecule has 12 N–H and O–H groups in total. The summed E-state index contributed by atoms with van der Waals surface area (Å²) in [5, 5.41) is 120. The number of aliphatic hydroxyl groups is 11. The van der Waals surface area contributed by atoms with Crippen LogP contribution in [-0.4, -0.2) is 193 Å². The van der Waals surface area contributed by atoms with E-state index >= 15 is 0 Å². The number of carbonyl (C=O) groups is 1. The van der Waals surface area contributed by atoms with Gasteiger partial charge in [-0.05, 0) is 70.6 Å². The van der Waals surface area contributed by atoms with Crippen molar-refractivity contribution in [2.24, 2.45) is 0 Å². The van der Waals surface area contributed by atoms with Gasteiger partial charge in [-0.3, -0.25) is 4.79 Å². The maximum Gasteiger partial charge on any atom is 0.220 e. The second-order valence-corrected chi connectivity index (χ2v) is 23.6. The number of nitrogens with one attached hydrogen (secondary N) is 1. The number of unbranched alkanes of at least 4 members (excludes halogenated alkanes) is 27. The Bertz CT molecular complexity index is 1720. The SMILES string of the molecule is CCCCCCC/C=C\CCCCCCCC(=O)NC(COC1OC(CO)C(OC2OC(CO)C(OC3OC(CO)C(O)C(O)C3O)C(O)C2O)C(O)C1O)C(O)/C=C/CC/C=C/CC/C=C/CCCCCCCCCCCCCCCCC. The second-order valence-electron chi connectivity index (χ2n) is 23.6. The van der Waals surface area contributed by atoms with Gasteiger partial charge in [0.05, 0.1) is 38.6 Å². The molecule has 0 spiro atoms. The zero-order valence-electron chi connectivity index (χ0n) is 51.4. The first-order valence-electron chi connectivity index (χ1n) is 32.9. The lowest BCUT2D eigenvalue weighted by Gasteiger charge is -2.48. The topological polar surface area (TPSA) is 307 Å². The Balaban J connectivity index is 1.48. The van der Waals surface area contributed by atoms with Crippen molar-refractivity contribution in [3.63, 3.8) is 0 Å². The van der Waals surface area contributed by atoms with Crippen LogP contribution in [-0.2, 0) is 33.2 Å². The molecule has 0 bridgehead atoms. The third-order valence-electron chi connectivity index (χ3n) is 16.3. The Hall–Kier alpha value is -2.25. The molecule has 1 amide bonds. The van der Waals surface area contributed by atoms with E-state index in [9.17, 15) is 61.0 Å². The van der Waals surface area contributed by atoms with Crippen LogP contribution in [0.4, 0.5) is 0 Å².